The van der Waals surface area contributed by atoms with Crippen molar-refractivity contribution < 1.29 is 19.5 Å². The maximum absolute atomic E-state index is 11.8. The molecule has 3 N–H and O–H groups in total. The summed E-state index contributed by atoms with van der Waals surface area (Å²) in [6.45, 7) is 3.73. The first-order valence-electron chi connectivity index (χ1n) is 6.78. The second kappa shape index (κ2) is 6.58. The Balaban J connectivity index is 2.38. The number of carbonyl (C=O) groups excluding carboxylic acids is 2. The molecule has 7 nitrogen and oxygen atoms in total. The number of hydrogen-bond acceptors (Lipinski definition) is 3. The van der Waals surface area contributed by atoms with Crippen LogP contribution in [0.1, 0.15) is 33.1 Å². The van der Waals surface area contributed by atoms with Crippen molar-refractivity contribution in [1.82, 2.24) is 15.5 Å². The van der Waals surface area contributed by atoms with Crippen molar-refractivity contribution in [2.24, 2.45) is 5.41 Å². The fourth-order valence-electron chi connectivity index (χ4n) is 2.10. The molecule has 0 heterocycles. The van der Waals surface area contributed by atoms with E-state index in [1.165, 1.54) is 11.9 Å². The van der Waals surface area contributed by atoms with Crippen molar-refractivity contribution in [3.63, 3.8) is 0 Å². The van der Waals surface area contributed by atoms with Crippen LogP contribution in [0.15, 0.2) is 0 Å². The lowest BCUT2D eigenvalue weighted by Gasteiger charge is -2.37. The zero-order valence-corrected chi connectivity index (χ0v) is 12.2. The van der Waals surface area contributed by atoms with E-state index in [-0.39, 0.29) is 25.0 Å². The van der Waals surface area contributed by atoms with Crippen LogP contribution < -0.4 is 10.6 Å². The second-order valence-electron chi connectivity index (χ2n) is 5.68. The zero-order valence-electron chi connectivity index (χ0n) is 12.2. The Bertz CT molecular complexity index is 391. The van der Waals surface area contributed by atoms with Gasteiger partial charge in [0.05, 0.1) is 5.41 Å². The molecule has 1 rings (SSSR count). The summed E-state index contributed by atoms with van der Waals surface area (Å²) in [6, 6.07) is -0.416. The summed E-state index contributed by atoms with van der Waals surface area (Å²) in [4.78, 5) is 35.7. The molecule has 3 amide bonds. The van der Waals surface area contributed by atoms with Gasteiger partial charge >= 0.3 is 12.0 Å². The largest absolute Gasteiger partial charge is 0.481 e. The Morgan fingerprint density at radius 2 is 1.90 bits per heavy atom. The second-order valence-corrected chi connectivity index (χ2v) is 5.68. The number of nitrogens with one attached hydrogen (secondary N) is 2. The van der Waals surface area contributed by atoms with Crippen LogP contribution in [0.4, 0.5) is 4.79 Å². The average Bonchev–Trinajstić information content (AvgIpc) is 2.25. The van der Waals surface area contributed by atoms with Gasteiger partial charge in [0.1, 0.15) is 6.54 Å². The molecular weight excluding hydrogens is 262 g/mol. The molecule has 0 atom stereocenters. The van der Waals surface area contributed by atoms with Crippen molar-refractivity contribution >= 4 is 17.9 Å². The summed E-state index contributed by atoms with van der Waals surface area (Å²) >= 11 is 0. The molecule has 0 spiro atoms. The van der Waals surface area contributed by atoms with Gasteiger partial charge in [0.15, 0.2) is 0 Å². The van der Waals surface area contributed by atoms with Crippen LogP contribution in [0, 0.1) is 5.41 Å². The molecule has 20 heavy (non-hydrogen) atoms. The fourth-order valence-corrected chi connectivity index (χ4v) is 2.10. The molecular formula is C13H23N3O4. The minimum absolute atomic E-state index is 0.0178. The number of amides is 3. The van der Waals surface area contributed by atoms with Crippen molar-refractivity contribution in [2.45, 2.75) is 39.2 Å². The zero-order chi connectivity index (χ0) is 15.3. The Morgan fingerprint density at radius 3 is 2.30 bits per heavy atom. The highest BCUT2D eigenvalue weighted by atomic mass is 16.4. The van der Waals surface area contributed by atoms with Crippen LogP contribution in [-0.4, -0.2) is 54.1 Å². The maximum atomic E-state index is 11.8. The Kier molecular flexibility index (Phi) is 5.35. The van der Waals surface area contributed by atoms with Crippen LogP contribution in [0.3, 0.4) is 0 Å². The lowest BCUT2D eigenvalue weighted by Crippen LogP contribution is -2.51. The molecule has 7 heteroatoms. The van der Waals surface area contributed by atoms with Gasteiger partial charge < -0.3 is 20.6 Å². The number of aliphatic carboxylic acids is 1. The third-order valence-electron chi connectivity index (χ3n) is 3.52. The highest BCUT2D eigenvalue weighted by molar-refractivity contribution is 5.84. The number of hydrogen-bond donors (Lipinski definition) is 3. The summed E-state index contributed by atoms with van der Waals surface area (Å²) in [5.41, 5.74) is -0.823. The van der Waals surface area contributed by atoms with Crippen molar-refractivity contribution in [1.29, 1.82) is 0 Å². The summed E-state index contributed by atoms with van der Waals surface area (Å²) in [5.74, 6) is -1.11. The van der Waals surface area contributed by atoms with Gasteiger partial charge in [0.25, 0.3) is 0 Å². The normalized spacial score (nSPS) is 16.2. The van der Waals surface area contributed by atoms with E-state index in [0.29, 0.717) is 12.8 Å². The van der Waals surface area contributed by atoms with Gasteiger partial charge in [-0.2, -0.15) is 0 Å². The predicted molar refractivity (Wildman–Crippen MR) is 73.2 cm³/mol. The minimum atomic E-state index is -0.871. The Hall–Kier alpha value is -1.79. The first-order valence-corrected chi connectivity index (χ1v) is 6.78. The lowest BCUT2D eigenvalue weighted by atomic mass is 9.69. The first-order chi connectivity index (χ1) is 9.27. The summed E-state index contributed by atoms with van der Waals surface area (Å²) in [7, 11) is 1.50. The fraction of sp³-hybridized carbons (Fsp3) is 0.769. The molecule has 0 bridgehead atoms. The molecule has 0 saturated heterocycles. The third kappa shape index (κ3) is 4.11. The molecule has 0 aliphatic heterocycles. The van der Waals surface area contributed by atoms with Crippen molar-refractivity contribution in [3.05, 3.63) is 0 Å². The van der Waals surface area contributed by atoms with E-state index >= 15 is 0 Å². The Labute approximate surface area is 118 Å². The number of rotatable bonds is 6. The molecule has 1 saturated carbocycles. The quantitative estimate of drug-likeness (QED) is 0.658. The highest BCUT2D eigenvalue weighted by Gasteiger charge is 2.44. The topological polar surface area (TPSA) is 98.7 Å². The van der Waals surface area contributed by atoms with E-state index in [1.807, 2.05) is 13.8 Å². The average molecular weight is 285 g/mol. The molecule has 0 radical (unpaired) electrons. The number of carboxylic acid groups (broad SMARTS) is 1. The van der Waals surface area contributed by atoms with Crippen LogP contribution in [0.2, 0.25) is 0 Å². The number of carbonyl (C=O) groups is 3. The summed E-state index contributed by atoms with van der Waals surface area (Å²) in [6.07, 6.45) is 2.04. The van der Waals surface area contributed by atoms with E-state index < -0.39 is 17.4 Å². The van der Waals surface area contributed by atoms with E-state index in [4.69, 9.17) is 5.11 Å². The van der Waals surface area contributed by atoms with Crippen molar-refractivity contribution in [2.75, 3.05) is 20.1 Å². The molecule has 0 aromatic heterocycles. The molecule has 1 aliphatic rings. The maximum Gasteiger partial charge on any atom is 0.317 e. The van der Waals surface area contributed by atoms with Crippen LogP contribution in [0.5, 0.6) is 0 Å². The van der Waals surface area contributed by atoms with Gasteiger partial charge in [-0.15, -0.1) is 0 Å². The van der Waals surface area contributed by atoms with Gasteiger partial charge in [-0.1, -0.05) is 6.42 Å². The van der Waals surface area contributed by atoms with Gasteiger partial charge in [0.2, 0.25) is 5.91 Å². The van der Waals surface area contributed by atoms with Gasteiger partial charge in [-0.25, -0.2) is 4.79 Å². The molecule has 0 aromatic carbocycles. The molecule has 1 fully saturated rings. The SMILES string of the molecule is CC(C)NC(=O)CN(C)C(=O)NCC1(C(=O)O)CCC1. The number of nitrogens with zero attached hydrogens (tertiary/aromatic N) is 1. The van der Waals surface area contributed by atoms with Gasteiger partial charge in [0, 0.05) is 19.6 Å². The molecule has 114 valence electrons. The minimum Gasteiger partial charge on any atom is -0.481 e. The smallest absolute Gasteiger partial charge is 0.317 e. The number of likely N-dealkylation sites (N-methyl/N-ethyl adjacent to an activating group) is 1. The van der Waals surface area contributed by atoms with E-state index in [1.54, 1.807) is 0 Å². The lowest BCUT2D eigenvalue weighted by molar-refractivity contribution is -0.153. The van der Waals surface area contributed by atoms with E-state index in [0.717, 1.165) is 6.42 Å². The summed E-state index contributed by atoms with van der Waals surface area (Å²) in [5, 5.41) is 14.4. The summed E-state index contributed by atoms with van der Waals surface area (Å²) < 4.78 is 0. The van der Waals surface area contributed by atoms with E-state index in [2.05, 4.69) is 10.6 Å². The van der Waals surface area contributed by atoms with Crippen molar-refractivity contribution in [3.8, 4) is 0 Å². The molecule has 0 aromatic rings. The van der Waals surface area contributed by atoms with Gasteiger partial charge in [-0.3, -0.25) is 9.59 Å². The monoisotopic (exact) mass is 285 g/mol. The number of urea groups is 1. The van der Waals surface area contributed by atoms with Crippen LogP contribution in [0.25, 0.3) is 0 Å². The molecule has 0 unspecified atom stereocenters. The van der Waals surface area contributed by atoms with Crippen LogP contribution in [-0.2, 0) is 9.59 Å². The van der Waals surface area contributed by atoms with Crippen LogP contribution >= 0.6 is 0 Å². The van der Waals surface area contributed by atoms with E-state index in [9.17, 15) is 14.4 Å². The predicted octanol–water partition coefficient (Wildman–Crippen LogP) is 0.407. The van der Waals surface area contributed by atoms with Gasteiger partial charge in [-0.05, 0) is 26.7 Å². The standard InChI is InChI=1S/C13H23N3O4/c1-9(2)15-10(17)7-16(3)12(20)14-8-13(11(18)19)5-4-6-13/h9H,4-8H2,1-3H3,(H,14,20)(H,15,17)(H,18,19). The first kappa shape index (κ1) is 16.3. The Morgan fingerprint density at radius 1 is 1.30 bits per heavy atom. The number of carboxylic acids is 1. The third-order valence-corrected chi connectivity index (χ3v) is 3.52. The molecule has 1 aliphatic carbocycles. The highest BCUT2D eigenvalue weighted by Crippen LogP contribution is 2.40.